The van der Waals surface area contributed by atoms with Crippen molar-refractivity contribution in [3.05, 3.63) is 0 Å². The normalized spacial score (nSPS) is 10.9. The Morgan fingerprint density at radius 3 is 2.36 bits per heavy atom. The molecule has 68 valence electrons. The highest BCUT2D eigenvalue weighted by molar-refractivity contribution is 9.09. The van der Waals surface area contributed by atoms with E-state index >= 15 is 0 Å². The maximum Gasteiger partial charge on any atom is 0.0443 e. The van der Waals surface area contributed by atoms with Crippen molar-refractivity contribution in [1.82, 2.24) is 4.90 Å². The lowest BCUT2D eigenvalue weighted by Crippen LogP contribution is -2.26. The molecule has 0 bridgehead atoms. The van der Waals surface area contributed by atoms with Gasteiger partial charge in [-0.1, -0.05) is 22.9 Å². The summed E-state index contributed by atoms with van der Waals surface area (Å²) < 4.78 is 0. The molecule has 0 saturated heterocycles. The Morgan fingerprint density at radius 2 is 1.91 bits per heavy atom. The van der Waals surface area contributed by atoms with Crippen molar-refractivity contribution in [2.45, 2.75) is 19.8 Å². The van der Waals surface area contributed by atoms with Crippen molar-refractivity contribution in [1.29, 1.82) is 0 Å². The molecule has 11 heavy (non-hydrogen) atoms. The summed E-state index contributed by atoms with van der Waals surface area (Å²) in [5, 5.41) is 9.67. The van der Waals surface area contributed by atoms with Gasteiger partial charge in [-0.25, -0.2) is 0 Å². The molecule has 0 unspecified atom stereocenters. The molecule has 0 fully saturated rings. The number of aliphatic hydroxyl groups excluding tert-OH is 1. The third-order valence-corrected chi connectivity index (χ3v) is 2.25. The van der Waals surface area contributed by atoms with E-state index in [2.05, 4.69) is 27.8 Å². The van der Waals surface area contributed by atoms with Crippen molar-refractivity contribution < 1.29 is 5.11 Å². The second kappa shape index (κ2) is 8.50. The van der Waals surface area contributed by atoms with Crippen LogP contribution in [0.25, 0.3) is 0 Å². The summed E-state index contributed by atoms with van der Waals surface area (Å²) in [6.07, 6.45) is 2.09. The summed E-state index contributed by atoms with van der Waals surface area (Å²) in [4.78, 5) is 2.36. The van der Waals surface area contributed by atoms with Gasteiger partial charge in [0, 0.05) is 18.5 Å². The molecule has 0 heterocycles. The summed E-state index contributed by atoms with van der Waals surface area (Å²) in [5.41, 5.74) is 0. The first-order valence-electron chi connectivity index (χ1n) is 4.24. The van der Waals surface area contributed by atoms with E-state index in [-0.39, 0.29) is 0 Å². The molecule has 0 aliphatic heterocycles. The zero-order valence-electron chi connectivity index (χ0n) is 7.22. The summed E-state index contributed by atoms with van der Waals surface area (Å²) in [6, 6.07) is 0. The molecule has 1 N–H and O–H groups in total. The van der Waals surface area contributed by atoms with Crippen LogP contribution >= 0.6 is 15.9 Å². The van der Waals surface area contributed by atoms with Crippen molar-refractivity contribution in [2.24, 2.45) is 0 Å². The fourth-order valence-electron chi connectivity index (χ4n) is 1.01. The largest absolute Gasteiger partial charge is 0.396 e. The maximum atomic E-state index is 8.60. The first-order valence-corrected chi connectivity index (χ1v) is 5.36. The monoisotopic (exact) mass is 223 g/mol. The van der Waals surface area contributed by atoms with Crippen LogP contribution in [0.2, 0.25) is 0 Å². The average Bonchev–Trinajstić information content (AvgIpc) is 2.05. The molecule has 0 spiro atoms. The van der Waals surface area contributed by atoms with Crippen LogP contribution in [0, 0.1) is 0 Å². The molecule has 2 nitrogen and oxygen atoms in total. The number of nitrogens with zero attached hydrogens (tertiary/aromatic N) is 1. The number of rotatable bonds is 7. The molecular formula is C8H18BrNO. The zero-order valence-corrected chi connectivity index (χ0v) is 8.81. The minimum atomic E-state index is 0.310. The third-order valence-electron chi connectivity index (χ3n) is 1.69. The SMILES string of the molecule is CCN(CCCO)CCCBr. The van der Waals surface area contributed by atoms with E-state index in [9.17, 15) is 0 Å². The molecule has 0 radical (unpaired) electrons. The first-order chi connectivity index (χ1) is 5.35. The van der Waals surface area contributed by atoms with Crippen molar-refractivity contribution in [2.75, 3.05) is 31.6 Å². The van der Waals surface area contributed by atoms with Gasteiger partial charge in [0.15, 0.2) is 0 Å². The lowest BCUT2D eigenvalue weighted by molar-refractivity contribution is 0.231. The van der Waals surface area contributed by atoms with E-state index in [4.69, 9.17) is 5.11 Å². The van der Waals surface area contributed by atoms with Crippen molar-refractivity contribution in [3.8, 4) is 0 Å². The zero-order chi connectivity index (χ0) is 8.53. The third kappa shape index (κ3) is 6.78. The van der Waals surface area contributed by atoms with E-state index in [1.807, 2.05) is 0 Å². The van der Waals surface area contributed by atoms with Gasteiger partial charge >= 0.3 is 0 Å². The fraction of sp³-hybridized carbons (Fsp3) is 1.00. The maximum absolute atomic E-state index is 8.60. The molecule has 0 aromatic rings. The Bertz CT molecular complexity index is 72.5. The second-order valence-electron chi connectivity index (χ2n) is 2.55. The predicted octanol–water partition coefficient (Wildman–Crippen LogP) is 1.48. The Balaban J connectivity index is 3.25. The van der Waals surface area contributed by atoms with Crippen LogP contribution in [0.4, 0.5) is 0 Å². The molecule has 0 aromatic carbocycles. The van der Waals surface area contributed by atoms with Gasteiger partial charge in [0.05, 0.1) is 0 Å². The Labute approximate surface area is 77.7 Å². The number of hydrogen-bond acceptors (Lipinski definition) is 2. The van der Waals surface area contributed by atoms with Gasteiger partial charge in [-0.2, -0.15) is 0 Å². The van der Waals surface area contributed by atoms with Crippen LogP contribution in [-0.2, 0) is 0 Å². The Morgan fingerprint density at radius 1 is 1.27 bits per heavy atom. The highest BCUT2D eigenvalue weighted by Crippen LogP contribution is 1.95. The van der Waals surface area contributed by atoms with Crippen LogP contribution in [0.1, 0.15) is 19.8 Å². The van der Waals surface area contributed by atoms with Gasteiger partial charge in [-0.05, 0) is 25.9 Å². The Hall–Kier alpha value is 0.400. The van der Waals surface area contributed by atoms with E-state index in [1.165, 1.54) is 6.42 Å². The van der Waals surface area contributed by atoms with E-state index in [0.717, 1.165) is 31.4 Å². The van der Waals surface area contributed by atoms with Gasteiger partial charge < -0.3 is 10.0 Å². The summed E-state index contributed by atoms with van der Waals surface area (Å²) in [6.45, 7) is 5.73. The molecule has 0 saturated carbocycles. The van der Waals surface area contributed by atoms with Gasteiger partial charge in [0.2, 0.25) is 0 Å². The molecule has 3 heteroatoms. The minimum absolute atomic E-state index is 0.310. The molecule has 0 rings (SSSR count). The van der Waals surface area contributed by atoms with Gasteiger partial charge in [-0.15, -0.1) is 0 Å². The topological polar surface area (TPSA) is 23.5 Å². The first kappa shape index (κ1) is 11.4. The van der Waals surface area contributed by atoms with Crippen LogP contribution in [-0.4, -0.2) is 41.6 Å². The Kier molecular flexibility index (Phi) is 8.81. The van der Waals surface area contributed by atoms with Crippen LogP contribution in [0.3, 0.4) is 0 Å². The summed E-state index contributed by atoms with van der Waals surface area (Å²) >= 11 is 3.40. The lowest BCUT2D eigenvalue weighted by atomic mass is 10.3. The minimum Gasteiger partial charge on any atom is -0.396 e. The number of halogens is 1. The molecule has 0 aromatic heterocycles. The quantitative estimate of drug-likeness (QED) is 0.662. The van der Waals surface area contributed by atoms with E-state index < -0.39 is 0 Å². The fourth-order valence-corrected chi connectivity index (χ4v) is 1.26. The molecule has 0 aliphatic rings. The van der Waals surface area contributed by atoms with Crippen molar-refractivity contribution in [3.63, 3.8) is 0 Å². The van der Waals surface area contributed by atoms with Gasteiger partial charge in [0.25, 0.3) is 0 Å². The smallest absolute Gasteiger partial charge is 0.0443 e. The lowest BCUT2D eigenvalue weighted by Gasteiger charge is -2.18. The highest BCUT2D eigenvalue weighted by Gasteiger charge is 1.99. The predicted molar refractivity (Wildman–Crippen MR) is 52.2 cm³/mol. The standard InChI is InChI=1S/C8H18BrNO/c1-2-10(6-3-5-9)7-4-8-11/h11H,2-8H2,1H3. The number of aliphatic hydroxyl groups is 1. The molecule has 0 aliphatic carbocycles. The van der Waals surface area contributed by atoms with Gasteiger partial charge in [0.1, 0.15) is 0 Å². The average molecular weight is 224 g/mol. The molecule has 0 amide bonds. The summed E-state index contributed by atoms with van der Waals surface area (Å²) in [7, 11) is 0. The van der Waals surface area contributed by atoms with Crippen molar-refractivity contribution >= 4 is 15.9 Å². The van der Waals surface area contributed by atoms with E-state index in [1.54, 1.807) is 0 Å². The second-order valence-corrected chi connectivity index (χ2v) is 3.35. The summed E-state index contributed by atoms with van der Waals surface area (Å²) in [5.74, 6) is 0. The number of alkyl halides is 1. The van der Waals surface area contributed by atoms with E-state index in [0.29, 0.717) is 6.61 Å². The molecular weight excluding hydrogens is 206 g/mol. The van der Waals surface area contributed by atoms with Crippen LogP contribution < -0.4 is 0 Å². The van der Waals surface area contributed by atoms with Gasteiger partial charge in [-0.3, -0.25) is 0 Å². The van der Waals surface area contributed by atoms with Crippen LogP contribution in [0.5, 0.6) is 0 Å². The highest BCUT2D eigenvalue weighted by atomic mass is 79.9. The van der Waals surface area contributed by atoms with Crippen LogP contribution in [0.15, 0.2) is 0 Å². The number of hydrogen-bond donors (Lipinski definition) is 1. The molecule has 0 atom stereocenters.